The largest absolute Gasteiger partial charge is 0.481 e. The lowest BCUT2D eigenvalue weighted by molar-refractivity contribution is 0.102. The third-order valence-electron chi connectivity index (χ3n) is 2.49. The quantitative estimate of drug-likeness (QED) is 0.874. The summed E-state index contributed by atoms with van der Waals surface area (Å²) in [4.78, 5) is 20.2. The van der Waals surface area contributed by atoms with Crippen molar-refractivity contribution in [3.63, 3.8) is 0 Å². The van der Waals surface area contributed by atoms with E-state index in [0.717, 1.165) is 0 Å². The highest BCUT2D eigenvalue weighted by atomic mass is 16.5. The van der Waals surface area contributed by atoms with Gasteiger partial charge in [0.15, 0.2) is 0 Å². The van der Waals surface area contributed by atoms with Crippen molar-refractivity contribution in [1.29, 1.82) is 0 Å². The molecule has 0 saturated carbocycles. The molecule has 1 amide bonds. The van der Waals surface area contributed by atoms with Gasteiger partial charge < -0.3 is 15.4 Å². The average Bonchev–Trinajstić information content (AvgIpc) is 2.48. The first kappa shape index (κ1) is 12.8. The zero-order valence-corrected chi connectivity index (χ0v) is 10.7. The fraction of sp³-hybridized carbons (Fsp3) is 0.154. The maximum absolute atomic E-state index is 12.1. The Balaban J connectivity index is 2.16. The van der Waals surface area contributed by atoms with Crippen LogP contribution in [-0.4, -0.2) is 30.0 Å². The number of rotatable bonds is 4. The van der Waals surface area contributed by atoms with E-state index in [1.807, 2.05) is 0 Å². The molecule has 0 radical (unpaired) electrons. The molecular weight excluding hydrogens is 244 g/mol. The van der Waals surface area contributed by atoms with E-state index in [4.69, 9.17) is 4.74 Å². The molecule has 0 aliphatic carbocycles. The Morgan fingerprint density at radius 3 is 2.74 bits per heavy atom. The van der Waals surface area contributed by atoms with Gasteiger partial charge in [0.1, 0.15) is 5.82 Å². The van der Waals surface area contributed by atoms with Crippen molar-refractivity contribution < 1.29 is 9.53 Å². The van der Waals surface area contributed by atoms with Gasteiger partial charge in [0, 0.05) is 19.3 Å². The van der Waals surface area contributed by atoms with Gasteiger partial charge in [0.2, 0.25) is 5.88 Å². The third kappa shape index (κ3) is 2.98. The Morgan fingerprint density at radius 2 is 2.11 bits per heavy atom. The fourth-order valence-electron chi connectivity index (χ4n) is 1.56. The lowest BCUT2D eigenvalue weighted by Gasteiger charge is -2.08. The Labute approximate surface area is 110 Å². The van der Waals surface area contributed by atoms with Crippen LogP contribution in [0.3, 0.4) is 0 Å². The number of hydrogen-bond acceptors (Lipinski definition) is 5. The van der Waals surface area contributed by atoms with Crippen LogP contribution in [0.1, 0.15) is 10.4 Å². The molecule has 6 heteroatoms. The van der Waals surface area contributed by atoms with Gasteiger partial charge in [-0.3, -0.25) is 4.79 Å². The zero-order valence-electron chi connectivity index (χ0n) is 10.7. The van der Waals surface area contributed by atoms with Gasteiger partial charge in [-0.25, -0.2) is 9.97 Å². The van der Waals surface area contributed by atoms with Gasteiger partial charge in [-0.1, -0.05) is 0 Å². The summed E-state index contributed by atoms with van der Waals surface area (Å²) in [6.45, 7) is 0. The van der Waals surface area contributed by atoms with Crippen molar-refractivity contribution in [1.82, 2.24) is 9.97 Å². The van der Waals surface area contributed by atoms with Crippen molar-refractivity contribution in [3.05, 3.63) is 42.2 Å². The summed E-state index contributed by atoms with van der Waals surface area (Å²) in [5, 5.41) is 5.62. The molecular formula is C13H14N4O2. The maximum Gasteiger partial charge on any atom is 0.259 e. The average molecular weight is 258 g/mol. The van der Waals surface area contributed by atoms with Gasteiger partial charge in [-0.05, 0) is 18.2 Å². The first-order valence-corrected chi connectivity index (χ1v) is 5.68. The van der Waals surface area contributed by atoms with Crippen LogP contribution in [-0.2, 0) is 0 Å². The predicted octanol–water partition coefficient (Wildman–Crippen LogP) is 1.78. The van der Waals surface area contributed by atoms with E-state index in [2.05, 4.69) is 20.6 Å². The molecule has 98 valence electrons. The standard InChI is InChI=1S/C13H14N4O2/c1-14-12-10(4-3-7-15-12)13(18)17-9-5-6-11(19-2)16-8-9/h3-8H,1-2H3,(H,14,15)(H,17,18). The normalized spacial score (nSPS) is 9.79. The minimum Gasteiger partial charge on any atom is -0.481 e. The number of methoxy groups -OCH3 is 1. The molecule has 0 saturated heterocycles. The van der Waals surface area contributed by atoms with Gasteiger partial charge in [-0.2, -0.15) is 0 Å². The molecule has 0 unspecified atom stereocenters. The topological polar surface area (TPSA) is 76.1 Å². The van der Waals surface area contributed by atoms with Crippen molar-refractivity contribution >= 4 is 17.4 Å². The molecule has 2 heterocycles. The molecule has 0 aliphatic heterocycles. The second-order valence-electron chi connectivity index (χ2n) is 3.69. The van der Waals surface area contributed by atoms with Crippen LogP contribution in [0.4, 0.5) is 11.5 Å². The van der Waals surface area contributed by atoms with Crippen LogP contribution in [0.5, 0.6) is 5.88 Å². The Morgan fingerprint density at radius 1 is 1.26 bits per heavy atom. The van der Waals surface area contributed by atoms with Crippen molar-refractivity contribution in [2.24, 2.45) is 0 Å². The van der Waals surface area contributed by atoms with Crippen LogP contribution in [0.2, 0.25) is 0 Å². The monoisotopic (exact) mass is 258 g/mol. The second-order valence-corrected chi connectivity index (χ2v) is 3.69. The molecule has 0 spiro atoms. The van der Waals surface area contributed by atoms with Crippen LogP contribution >= 0.6 is 0 Å². The van der Waals surface area contributed by atoms with Gasteiger partial charge >= 0.3 is 0 Å². The van der Waals surface area contributed by atoms with E-state index in [1.165, 1.54) is 13.3 Å². The number of carbonyl (C=O) groups excluding carboxylic acids is 1. The summed E-state index contributed by atoms with van der Waals surface area (Å²) in [6, 6.07) is 6.81. The first-order valence-electron chi connectivity index (χ1n) is 5.68. The van der Waals surface area contributed by atoms with E-state index in [0.29, 0.717) is 22.9 Å². The molecule has 0 bridgehead atoms. The van der Waals surface area contributed by atoms with Gasteiger partial charge in [0.05, 0.1) is 24.6 Å². The summed E-state index contributed by atoms with van der Waals surface area (Å²) < 4.78 is 4.95. The number of nitrogens with one attached hydrogen (secondary N) is 2. The molecule has 0 aliphatic rings. The van der Waals surface area contributed by atoms with E-state index in [-0.39, 0.29) is 5.91 Å². The molecule has 2 rings (SSSR count). The van der Waals surface area contributed by atoms with Crippen molar-refractivity contribution in [2.75, 3.05) is 24.8 Å². The van der Waals surface area contributed by atoms with Gasteiger partial charge in [0.25, 0.3) is 5.91 Å². The summed E-state index contributed by atoms with van der Waals surface area (Å²) in [5.74, 6) is 0.779. The summed E-state index contributed by atoms with van der Waals surface area (Å²) in [6.07, 6.45) is 3.16. The number of amides is 1. The number of carbonyl (C=O) groups is 1. The predicted molar refractivity (Wildman–Crippen MR) is 72.5 cm³/mol. The number of anilines is 2. The molecule has 2 aromatic heterocycles. The minimum absolute atomic E-state index is 0.246. The lowest BCUT2D eigenvalue weighted by Crippen LogP contribution is -2.14. The Hall–Kier alpha value is -2.63. The van der Waals surface area contributed by atoms with Crippen LogP contribution < -0.4 is 15.4 Å². The Bertz CT molecular complexity index is 569. The highest BCUT2D eigenvalue weighted by Crippen LogP contribution is 2.15. The minimum atomic E-state index is -0.246. The third-order valence-corrected chi connectivity index (χ3v) is 2.49. The zero-order chi connectivity index (χ0) is 13.7. The van der Waals surface area contributed by atoms with E-state index in [1.54, 1.807) is 37.5 Å². The highest BCUT2D eigenvalue weighted by Gasteiger charge is 2.11. The van der Waals surface area contributed by atoms with Gasteiger partial charge in [-0.15, -0.1) is 0 Å². The maximum atomic E-state index is 12.1. The number of hydrogen-bond donors (Lipinski definition) is 2. The molecule has 0 fully saturated rings. The fourth-order valence-corrected chi connectivity index (χ4v) is 1.56. The van der Waals surface area contributed by atoms with Crippen LogP contribution in [0, 0.1) is 0 Å². The Kier molecular flexibility index (Phi) is 3.92. The van der Waals surface area contributed by atoms with E-state index < -0.39 is 0 Å². The molecule has 0 aromatic carbocycles. The lowest BCUT2D eigenvalue weighted by atomic mass is 10.2. The summed E-state index contributed by atoms with van der Waals surface area (Å²) in [7, 11) is 3.25. The first-order chi connectivity index (χ1) is 9.24. The molecule has 19 heavy (non-hydrogen) atoms. The number of nitrogens with zero attached hydrogens (tertiary/aromatic N) is 2. The van der Waals surface area contributed by atoms with Crippen LogP contribution in [0.15, 0.2) is 36.7 Å². The van der Waals surface area contributed by atoms with E-state index in [9.17, 15) is 4.79 Å². The SMILES string of the molecule is CNc1ncccc1C(=O)Nc1ccc(OC)nc1. The summed E-state index contributed by atoms with van der Waals surface area (Å²) in [5.41, 5.74) is 1.07. The number of pyridine rings is 2. The molecule has 2 N–H and O–H groups in total. The van der Waals surface area contributed by atoms with Crippen molar-refractivity contribution in [2.45, 2.75) is 0 Å². The highest BCUT2D eigenvalue weighted by molar-refractivity contribution is 6.07. The summed E-state index contributed by atoms with van der Waals surface area (Å²) >= 11 is 0. The molecule has 6 nitrogen and oxygen atoms in total. The smallest absolute Gasteiger partial charge is 0.259 e. The number of ether oxygens (including phenoxy) is 1. The van der Waals surface area contributed by atoms with E-state index >= 15 is 0 Å². The second kappa shape index (κ2) is 5.81. The molecule has 0 atom stereocenters. The van der Waals surface area contributed by atoms with Crippen molar-refractivity contribution in [3.8, 4) is 5.88 Å². The van der Waals surface area contributed by atoms with Crippen LogP contribution in [0.25, 0.3) is 0 Å². The molecule has 2 aromatic rings. The number of aromatic nitrogens is 2.